The predicted molar refractivity (Wildman–Crippen MR) is 59.7 cm³/mol. The second kappa shape index (κ2) is 4.42. The summed E-state index contributed by atoms with van der Waals surface area (Å²) in [5.41, 5.74) is -1.92. The summed E-state index contributed by atoms with van der Waals surface area (Å²) in [6.07, 6.45) is -4.22. The number of carboxylic acid groups (broad SMARTS) is 1. The molecule has 1 aromatic rings. The number of rotatable bonds is 1. The van der Waals surface area contributed by atoms with E-state index >= 15 is 0 Å². The maximum absolute atomic E-state index is 12.8. The molecule has 0 aliphatic carbocycles. The number of carbonyl (C=O) groups is 2. The zero-order valence-corrected chi connectivity index (χ0v) is 9.41. The molecule has 0 aromatic heterocycles. The number of fused-ring (bicyclic) bond motifs is 1. The van der Waals surface area contributed by atoms with Crippen LogP contribution in [0.2, 0.25) is 0 Å². The van der Waals surface area contributed by atoms with Gasteiger partial charge in [0.05, 0.1) is 16.7 Å². The molecule has 1 aliphatic rings. The van der Waals surface area contributed by atoms with Crippen LogP contribution in [0.3, 0.4) is 0 Å². The van der Waals surface area contributed by atoms with E-state index in [2.05, 4.69) is 5.32 Å². The average Bonchev–Trinajstić information content (AvgIpc) is 2.48. The second-order valence-corrected chi connectivity index (χ2v) is 3.94. The molecule has 7 heteroatoms. The number of ketones is 1. The molecule has 2 rings (SSSR count). The standard InChI is InChI=1S/C12H8F3NO3/c13-12(14,15)7-2-1-3-8-10(7)9(17)4-6(5-16-8)11(18)19/h1-3,5,16H,4H2,(H,18,19). The number of hydrogen-bond acceptors (Lipinski definition) is 3. The highest BCUT2D eigenvalue weighted by Crippen LogP contribution is 2.37. The predicted octanol–water partition coefficient (Wildman–Crippen LogP) is 2.67. The van der Waals surface area contributed by atoms with Crippen molar-refractivity contribution in [2.45, 2.75) is 12.6 Å². The van der Waals surface area contributed by atoms with Gasteiger partial charge in [-0.1, -0.05) is 6.07 Å². The Balaban J connectivity index is 2.56. The van der Waals surface area contributed by atoms with E-state index in [0.717, 1.165) is 18.3 Å². The third kappa shape index (κ3) is 2.44. The minimum Gasteiger partial charge on any atom is -0.478 e. The van der Waals surface area contributed by atoms with Gasteiger partial charge in [-0.15, -0.1) is 0 Å². The van der Waals surface area contributed by atoms with E-state index < -0.39 is 35.5 Å². The van der Waals surface area contributed by atoms with Gasteiger partial charge in [0.2, 0.25) is 0 Å². The summed E-state index contributed by atoms with van der Waals surface area (Å²) in [5.74, 6) is -2.22. The van der Waals surface area contributed by atoms with Gasteiger partial charge in [0.25, 0.3) is 0 Å². The van der Waals surface area contributed by atoms with Crippen LogP contribution in [0.25, 0.3) is 0 Å². The van der Waals surface area contributed by atoms with Gasteiger partial charge in [0.1, 0.15) is 0 Å². The van der Waals surface area contributed by atoms with Gasteiger partial charge in [0.15, 0.2) is 5.78 Å². The largest absolute Gasteiger partial charge is 0.478 e. The summed E-state index contributed by atoms with van der Waals surface area (Å²) in [6, 6.07) is 3.25. The Kier molecular flexibility index (Phi) is 3.05. The Hall–Kier alpha value is -2.31. The van der Waals surface area contributed by atoms with E-state index in [1.807, 2.05) is 0 Å². The summed E-state index contributed by atoms with van der Waals surface area (Å²) in [6.45, 7) is 0. The highest BCUT2D eigenvalue weighted by molar-refractivity contribution is 6.08. The molecule has 2 N–H and O–H groups in total. The van der Waals surface area contributed by atoms with E-state index in [4.69, 9.17) is 5.11 Å². The van der Waals surface area contributed by atoms with Crippen molar-refractivity contribution in [3.8, 4) is 0 Å². The highest BCUT2D eigenvalue weighted by Gasteiger charge is 2.37. The molecule has 0 bridgehead atoms. The first-order chi connectivity index (χ1) is 8.80. The molecule has 1 aliphatic heterocycles. The van der Waals surface area contributed by atoms with Crippen molar-refractivity contribution in [2.75, 3.05) is 5.32 Å². The molecule has 4 nitrogen and oxygen atoms in total. The Morgan fingerprint density at radius 3 is 2.58 bits per heavy atom. The van der Waals surface area contributed by atoms with Gasteiger partial charge in [-0.3, -0.25) is 4.79 Å². The molecule has 100 valence electrons. The van der Waals surface area contributed by atoms with Crippen LogP contribution in [0.5, 0.6) is 0 Å². The summed E-state index contributed by atoms with van der Waals surface area (Å²) >= 11 is 0. The van der Waals surface area contributed by atoms with Crippen molar-refractivity contribution in [3.05, 3.63) is 41.1 Å². The number of anilines is 1. The lowest BCUT2D eigenvalue weighted by Crippen LogP contribution is -2.14. The zero-order chi connectivity index (χ0) is 14.2. The molecule has 0 saturated heterocycles. The molecule has 19 heavy (non-hydrogen) atoms. The summed E-state index contributed by atoms with van der Waals surface area (Å²) in [7, 11) is 0. The molecule has 0 radical (unpaired) electrons. The minimum atomic E-state index is -4.67. The van der Waals surface area contributed by atoms with Crippen LogP contribution in [0, 0.1) is 0 Å². The number of nitrogens with one attached hydrogen (secondary N) is 1. The fraction of sp³-hybridized carbons (Fsp3) is 0.167. The summed E-state index contributed by atoms with van der Waals surface area (Å²) in [4.78, 5) is 22.6. The van der Waals surface area contributed by atoms with Crippen LogP contribution in [0.4, 0.5) is 18.9 Å². The summed E-state index contributed by atoms with van der Waals surface area (Å²) < 4.78 is 38.5. The smallest absolute Gasteiger partial charge is 0.417 e. The lowest BCUT2D eigenvalue weighted by atomic mass is 9.98. The Labute approximate surface area is 105 Å². The third-order valence-electron chi connectivity index (χ3n) is 2.68. The number of Topliss-reactive ketones (excluding diaryl/α,β-unsaturated/α-hetero) is 1. The van der Waals surface area contributed by atoms with Crippen LogP contribution in [0.15, 0.2) is 30.0 Å². The molecule has 0 fully saturated rings. The van der Waals surface area contributed by atoms with Gasteiger partial charge in [0, 0.05) is 18.3 Å². The first kappa shape index (κ1) is 13.1. The van der Waals surface area contributed by atoms with Crippen LogP contribution in [-0.2, 0) is 11.0 Å². The van der Waals surface area contributed by atoms with Crippen LogP contribution < -0.4 is 5.32 Å². The van der Waals surface area contributed by atoms with Gasteiger partial charge in [-0.25, -0.2) is 4.79 Å². The molecular formula is C12H8F3NO3. The van der Waals surface area contributed by atoms with E-state index in [0.29, 0.717) is 0 Å². The molecule has 0 spiro atoms. The number of carboxylic acids is 1. The van der Waals surface area contributed by atoms with Gasteiger partial charge in [-0.2, -0.15) is 13.2 Å². The zero-order valence-electron chi connectivity index (χ0n) is 9.41. The summed E-state index contributed by atoms with van der Waals surface area (Å²) in [5, 5.41) is 11.2. The van der Waals surface area contributed by atoms with Crippen LogP contribution in [-0.4, -0.2) is 16.9 Å². The van der Waals surface area contributed by atoms with Gasteiger partial charge >= 0.3 is 12.1 Å². The number of benzene rings is 1. The maximum Gasteiger partial charge on any atom is 0.417 e. The number of hydrogen-bond donors (Lipinski definition) is 2. The molecule has 1 heterocycles. The Morgan fingerprint density at radius 1 is 1.32 bits per heavy atom. The Bertz CT molecular complexity index is 590. The fourth-order valence-electron chi connectivity index (χ4n) is 1.82. The molecule has 0 saturated carbocycles. The lowest BCUT2D eigenvalue weighted by Gasteiger charge is -2.14. The minimum absolute atomic E-state index is 0.0453. The van der Waals surface area contributed by atoms with Crippen molar-refractivity contribution in [1.29, 1.82) is 0 Å². The van der Waals surface area contributed by atoms with E-state index in [9.17, 15) is 22.8 Å². The van der Waals surface area contributed by atoms with E-state index in [-0.39, 0.29) is 11.3 Å². The number of carbonyl (C=O) groups excluding carboxylic acids is 1. The molecule has 0 amide bonds. The topological polar surface area (TPSA) is 66.4 Å². The number of aliphatic carboxylic acids is 1. The molecule has 0 unspecified atom stereocenters. The number of halogens is 3. The monoisotopic (exact) mass is 271 g/mol. The third-order valence-corrected chi connectivity index (χ3v) is 2.68. The van der Waals surface area contributed by atoms with E-state index in [1.54, 1.807) is 0 Å². The van der Waals surface area contributed by atoms with Crippen molar-refractivity contribution in [3.63, 3.8) is 0 Å². The van der Waals surface area contributed by atoms with Gasteiger partial charge < -0.3 is 10.4 Å². The van der Waals surface area contributed by atoms with E-state index in [1.165, 1.54) is 6.07 Å². The molecular weight excluding hydrogens is 263 g/mol. The normalized spacial score (nSPS) is 15.1. The van der Waals surface area contributed by atoms with Crippen molar-refractivity contribution >= 4 is 17.4 Å². The second-order valence-electron chi connectivity index (χ2n) is 3.94. The maximum atomic E-state index is 12.8. The SMILES string of the molecule is O=C(O)C1=CNc2cccc(C(F)(F)F)c2C(=O)C1. The molecule has 1 aromatic carbocycles. The van der Waals surface area contributed by atoms with Gasteiger partial charge in [-0.05, 0) is 12.1 Å². The Morgan fingerprint density at radius 2 is 2.00 bits per heavy atom. The van der Waals surface area contributed by atoms with Crippen LogP contribution in [0.1, 0.15) is 22.3 Å². The molecule has 0 atom stereocenters. The van der Waals surface area contributed by atoms with Crippen molar-refractivity contribution in [2.24, 2.45) is 0 Å². The van der Waals surface area contributed by atoms with Crippen molar-refractivity contribution < 1.29 is 27.9 Å². The first-order valence-corrected chi connectivity index (χ1v) is 5.23. The van der Waals surface area contributed by atoms with Crippen LogP contribution >= 0.6 is 0 Å². The first-order valence-electron chi connectivity index (χ1n) is 5.23. The fourth-order valence-corrected chi connectivity index (χ4v) is 1.82. The van der Waals surface area contributed by atoms with Crippen molar-refractivity contribution in [1.82, 2.24) is 0 Å². The quantitative estimate of drug-likeness (QED) is 0.824. The highest BCUT2D eigenvalue weighted by atomic mass is 19.4. The number of alkyl halides is 3. The lowest BCUT2D eigenvalue weighted by molar-refractivity contribution is -0.137. The average molecular weight is 271 g/mol.